The van der Waals surface area contributed by atoms with Crippen molar-refractivity contribution in [1.82, 2.24) is 9.80 Å². The van der Waals surface area contributed by atoms with Gasteiger partial charge in [-0.25, -0.2) is 4.79 Å². The van der Waals surface area contributed by atoms with Crippen LogP contribution in [0.25, 0.3) is 0 Å². The summed E-state index contributed by atoms with van der Waals surface area (Å²) in [5.41, 5.74) is 0. The zero-order valence-corrected chi connectivity index (χ0v) is 11.6. The van der Waals surface area contributed by atoms with E-state index < -0.39 is 5.97 Å². The average Bonchev–Trinajstić information content (AvgIpc) is 2.19. The summed E-state index contributed by atoms with van der Waals surface area (Å²) >= 11 is 0. The first-order valence-corrected chi connectivity index (χ1v) is 6.62. The second-order valence-corrected chi connectivity index (χ2v) is 5.63. The highest BCUT2D eigenvalue weighted by molar-refractivity contribution is 5.80. The van der Waals surface area contributed by atoms with Gasteiger partial charge in [0, 0.05) is 20.1 Å². The van der Waals surface area contributed by atoms with E-state index in [1.807, 2.05) is 13.8 Å². The van der Waals surface area contributed by atoms with Gasteiger partial charge in [-0.1, -0.05) is 20.3 Å². The molecule has 0 bridgehead atoms. The Hall–Kier alpha value is -1.26. The molecule has 0 spiro atoms. The molecule has 0 unspecified atom stereocenters. The van der Waals surface area contributed by atoms with Crippen molar-refractivity contribution in [2.75, 3.05) is 26.7 Å². The summed E-state index contributed by atoms with van der Waals surface area (Å²) in [7, 11) is 1.76. The second-order valence-electron chi connectivity index (χ2n) is 5.63. The number of nitrogens with zero attached hydrogens (tertiary/aromatic N) is 2. The molecule has 1 saturated carbocycles. The van der Waals surface area contributed by atoms with Crippen LogP contribution in [-0.2, 0) is 4.79 Å². The molecule has 0 aromatic heterocycles. The van der Waals surface area contributed by atoms with Gasteiger partial charge in [-0.3, -0.25) is 4.79 Å². The molecule has 0 aromatic carbocycles. The first kappa shape index (κ1) is 14.8. The maximum atomic E-state index is 12.2. The van der Waals surface area contributed by atoms with Crippen LogP contribution >= 0.6 is 0 Å². The Labute approximate surface area is 109 Å². The lowest BCUT2D eigenvalue weighted by atomic mass is 9.85. The molecule has 1 rings (SSSR count). The quantitative estimate of drug-likeness (QED) is 0.789. The maximum Gasteiger partial charge on any atom is 0.323 e. The summed E-state index contributed by atoms with van der Waals surface area (Å²) in [5, 5.41) is 8.85. The minimum atomic E-state index is -0.957. The molecule has 0 radical (unpaired) electrons. The standard InChI is InChI=1S/C13H24N2O3/c1-10(2)7-15(9-12(16)17)13(18)14(3)8-11-5-4-6-11/h10-11H,4-9H2,1-3H3,(H,16,17). The third-order valence-electron chi connectivity index (χ3n) is 3.27. The molecule has 104 valence electrons. The Bertz CT molecular complexity index is 301. The van der Waals surface area contributed by atoms with Gasteiger partial charge in [0.15, 0.2) is 0 Å². The summed E-state index contributed by atoms with van der Waals surface area (Å²) in [5.74, 6) is -0.0869. The predicted molar refractivity (Wildman–Crippen MR) is 69.4 cm³/mol. The molecule has 1 N–H and O–H groups in total. The van der Waals surface area contributed by atoms with Crippen molar-refractivity contribution in [3.05, 3.63) is 0 Å². The maximum absolute atomic E-state index is 12.2. The van der Waals surface area contributed by atoms with Gasteiger partial charge >= 0.3 is 12.0 Å². The minimum Gasteiger partial charge on any atom is -0.480 e. The summed E-state index contributed by atoms with van der Waals surface area (Å²) in [6.07, 6.45) is 3.61. The van der Waals surface area contributed by atoms with Crippen LogP contribution in [0.3, 0.4) is 0 Å². The Morgan fingerprint density at radius 3 is 2.33 bits per heavy atom. The average molecular weight is 256 g/mol. The molecule has 0 heterocycles. The normalized spacial score (nSPS) is 15.3. The van der Waals surface area contributed by atoms with E-state index >= 15 is 0 Å². The molecule has 0 saturated heterocycles. The zero-order valence-electron chi connectivity index (χ0n) is 11.6. The van der Waals surface area contributed by atoms with Crippen molar-refractivity contribution in [2.45, 2.75) is 33.1 Å². The van der Waals surface area contributed by atoms with E-state index in [9.17, 15) is 9.59 Å². The molecule has 5 heteroatoms. The molecule has 0 atom stereocenters. The van der Waals surface area contributed by atoms with Gasteiger partial charge in [0.25, 0.3) is 0 Å². The largest absolute Gasteiger partial charge is 0.480 e. The van der Waals surface area contributed by atoms with Crippen molar-refractivity contribution < 1.29 is 14.7 Å². The smallest absolute Gasteiger partial charge is 0.323 e. The first-order chi connectivity index (χ1) is 8.40. The molecule has 1 aliphatic carbocycles. The van der Waals surface area contributed by atoms with E-state index in [0.29, 0.717) is 12.5 Å². The van der Waals surface area contributed by atoms with Crippen LogP contribution < -0.4 is 0 Å². The number of hydrogen-bond acceptors (Lipinski definition) is 2. The van der Waals surface area contributed by atoms with Gasteiger partial charge < -0.3 is 14.9 Å². The number of carboxylic acid groups (broad SMARTS) is 1. The number of rotatable bonds is 6. The number of carbonyl (C=O) groups is 2. The molecule has 1 fully saturated rings. The first-order valence-electron chi connectivity index (χ1n) is 6.62. The molecule has 2 amide bonds. The Morgan fingerprint density at radius 1 is 1.33 bits per heavy atom. The molecule has 5 nitrogen and oxygen atoms in total. The van der Waals surface area contributed by atoms with Crippen LogP contribution in [0, 0.1) is 11.8 Å². The topological polar surface area (TPSA) is 60.9 Å². The van der Waals surface area contributed by atoms with Crippen molar-refractivity contribution in [3.8, 4) is 0 Å². The number of hydrogen-bond donors (Lipinski definition) is 1. The van der Waals surface area contributed by atoms with Crippen molar-refractivity contribution in [2.24, 2.45) is 11.8 Å². The fraction of sp³-hybridized carbons (Fsp3) is 0.846. The third-order valence-corrected chi connectivity index (χ3v) is 3.27. The number of carboxylic acids is 1. The highest BCUT2D eigenvalue weighted by Crippen LogP contribution is 2.26. The van der Waals surface area contributed by atoms with Crippen LogP contribution in [0.4, 0.5) is 4.79 Å². The van der Waals surface area contributed by atoms with Gasteiger partial charge in [-0.2, -0.15) is 0 Å². The van der Waals surface area contributed by atoms with Crippen molar-refractivity contribution in [1.29, 1.82) is 0 Å². The van der Waals surface area contributed by atoms with Gasteiger partial charge in [-0.05, 0) is 24.7 Å². The lowest BCUT2D eigenvalue weighted by molar-refractivity contribution is -0.137. The highest BCUT2D eigenvalue weighted by atomic mass is 16.4. The second kappa shape index (κ2) is 6.61. The van der Waals surface area contributed by atoms with Gasteiger partial charge in [0.1, 0.15) is 6.54 Å². The molecule has 0 aliphatic heterocycles. The molecule has 18 heavy (non-hydrogen) atoms. The lowest BCUT2D eigenvalue weighted by Gasteiger charge is -2.33. The minimum absolute atomic E-state index is 0.169. The van der Waals surface area contributed by atoms with Gasteiger partial charge in [0.2, 0.25) is 0 Å². The highest BCUT2D eigenvalue weighted by Gasteiger charge is 2.25. The third kappa shape index (κ3) is 4.55. The van der Waals surface area contributed by atoms with E-state index in [1.165, 1.54) is 24.2 Å². The molecule has 1 aliphatic rings. The van der Waals surface area contributed by atoms with E-state index in [1.54, 1.807) is 11.9 Å². The van der Waals surface area contributed by atoms with E-state index in [-0.39, 0.29) is 18.5 Å². The predicted octanol–water partition coefficient (Wildman–Crippen LogP) is 1.88. The van der Waals surface area contributed by atoms with E-state index in [4.69, 9.17) is 5.11 Å². The fourth-order valence-corrected chi connectivity index (χ4v) is 2.20. The zero-order chi connectivity index (χ0) is 13.7. The summed E-state index contributed by atoms with van der Waals surface area (Å²) in [6, 6.07) is -0.169. The van der Waals surface area contributed by atoms with E-state index in [0.717, 1.165) is 6.54 Å². The Kier molecular flexibility index (Phi) is 5.44. The fourth-order valence-electron chi connectivity index (χ4n) is 2.20. The summed E-state index contributed by atoms with van der Waals surface area (Å²) < 4.78 is 0. The SMILES string of the molecule is CC(C)CN(CC(=O)O)C(=O)N(C)CC1CCC1. The van der Waals surface area contributed by atoms with Gasteiger partial charge in [0.05, 0.1) is 0 Å². The Morgan fingerprint density at radius 2 is 1.94 bits per heavy atom. The van der Waals surface area contributed by atoms with Crippen LogP contribution in [0.15, 0.2) is 0 Å². The van der Waals surface area contributed by atoms with Crippen LogP contribution in [0.1, 0.15) is 33.1 Å². The molecular weight excluding hydrogens is 232 g/mol. The van der Waals surface area contributed by atoms with Crippen molar-refractivity contribution in [3.63, 3.8) is 0 Å². The van der Waals surface area contributed by atoms with Gasteiger partial charge in [-0.15, -0.1) is 0 Å². The van der Waals surface area contributed by atoms with E-state index in [2.05, 4.69) is 0 Å². The number of amides is 2. The van der Waals surface area contributed by atoms with Crippen molar-refractivity contribution >= 4 is 12.0 Å². The molecule has 0 aromatic rings. The number of urea groups is 1. The Balaban J connectivity index is 2.52. The van der Waals surface area contributed by atoms with Crippen LogP contribution in [0.5, 0.6) is 0 Å². The number of aliphatic carboxylic acids is 1. The molecular formula is C13H24N2O3. The summed E-state index contributed by atoms with van der Waals surface area (Å²) in [6.45, 7) is 4.97. The lowest BCUT2D eigenvalue weighted by Crippen LogP contribution is -2.47. The number of carbonyl (C=O) groups excluding carboxylic acids is 1. The van der Waals surface area contributed by atoms with Crippen LogP contribution in [0.2, 0.25) is 0 Å². The monoisotopic (exact) mass is 256 g/mol. The van der Waals surface area contributed by atoms with Crippen LogP contribution in [-0.4, -0.2) is 53.6 Å². The summed E-state index contributed by atoms with van der Waals surface area (Å²) in [4.78, 5) is 26.1.